The number of hydrogen-bond acceptors (Lipinski definition) is 7. The zero-order valence-electron chi connectivity index (χ0n) is 29.3. The molecule has 1 heterocycles. The van der Waals surface area contributed by atoms with E-state index in [-0.39, 0.29) is 31.4 Å². The molecule has 0 spiro atoms. The van der Waals surface area contributed by atoms with Crippen LogP contribution in [0.1, 0.15) is 131 Å². The van der Waals surface area contributed by atoms with E-state index in [0.29, 0.717) is 26.1 Å². The third-order valence-electron chi connectivity index (χ3n) is 8.06. The Hall–Kier alpha value is -3.17. The summed E-state index contributed by atoms with van der Waals surface area (Å²) in [6.45, 7) is 9.24. The molecule has 1 N–H and O–H groups in total. The molecule has 0 aromatic heterocycles. The lowest BCUT2D eigenvalue weighted by Crippen LogP contribution is -2.49. The second-order valence-corrected chi connectivity index (χ2v) is 12.9. The summed E-state index contributed by atoms with van der Waals surface area (Å²) in [6.07, 6.45) is 23.4. The Bertz CT molecular complexity index is 992. The van der Waals surface area contributed by atoms with Gasteiger partial charge in [0.1, 0.15) is 6.61 Å². The molecule has 10 nitrogen and oxygen atoms in total. The number of carbonyl (C=O) groups excluding carboxylic acids is 5. The van der Waals surface area contributed by atoms with Crippen LogP contribution >= 0.6 is 0 Å². The third kappa shape index (κ3) is 18.7. The van der Waals surface area contributed by atoms with Gasteiger partial charge in [-0.3, -0.25) is 24.0 Å². The first-order valence-corrected chi connectivity index (χ1v) is 17.4. The van der Waals surface area contributed by atoms with Crippen LogP contribution in [0.15, 0.2) is 24.4 Å². The Morgan fingerprint density at radius 3 is 2.02 bits per heavy atom. The van der Waals surface area contributed by atoms with Gasteiger partial charge in [-0.15, -0.1) is 0 Å². The maximum atomic E-state index is 12.8. The molecule has 0 saturated carbocycles. The molecule has 0 radical (unpaired) electrons. The summed E-state index contributed by atoms with van der Waals surface area (Å²) >= 11 is 0. The predicted molar refractivity (Wildman–Crippen MR) is 180 cm³/mol. The van der Waals surface area contributed by atoms with E-state index in [1.807, 2.05) is 6.08 Å². The van der Waals surface area contributed by atoms with Crippen LogP contribution < -0.4 is 5.32 Å². The Morgan fingerprint density at radius 2 is 1.41 bits per heavy atom. The Balaban J connectivity index is 2.27. The molecule has 1 rings (SSSR count). The van der Waals surface area contributed by atoms with Gasteiger partial charge in [0, 0.05) is 64.5 Å². The molecule has 10 heteroatoms. The van der Waals surface area contributed by atoms with Gasteiger partial charge in [-0.1, -0.05) is 84.3 Å². The van der Waals surface area contributed by atoms with Crippen molar-refractivity contribution < 1.29 is 33.4 Å². The molecule has 0 bridgehead atoms. The van der Waals surface area contributed by atoms with Gasteiger partial charge >= 0.3 is 11.9 Å². The summed E-state index contributed by atoms with van der Waals surface area (Å²) in [5.74, 6) is -1.80. The highest BCUT2D eigenvalue weighted by atomic mass is 16.6. The minimum absolute atomic E-state index is 0.0378. The lowest BCUT2D eigenvalue weighted by molar-refractivity contribution is -0.166. The van der Waals surface area contributed by atoms with Crippen molar-refractivity contribution in [1.82, 2.24) is 15.1 Å². The summed E-state index contributed by atoms with van der Waals surface area (Å²) in [4.78, 5) is 64.6. The van der Waals surface area contributed by atoms with Crippen LogP contribution in [0.2, 0.25) is 0 Å². The highest BCUT2D eigenvalue weighted by Crippen LogP contribution is 2.25. The predicted octanol–water partition coefficient (Wildman–Crippen LogP) is 6.24. The number of hydrogen-bond donors (Lipinski definition) is 1. The number of rotatable bonds is 23. The molecule has 1 aliphatic rings. The second kappa shape index (κ2) is 24.1. The largest absolute Gasteiger partial charge is 0.465 e. The lowest BCUT2D eigenvalue weighted by Gasteiger charge is -2.31. The van der Waals surface area contributed by atoms with E-state index < -0.39 is 29.4 Å². The summed E-state index contributed by atoms with van der Waals surface area (Å²) in [5.41, 5.74) is -0.973. The van der Waals surface area contributed by atoms with Gasteiger partial charge in [0.15, 0.2) is 6.10 Å². The molecule has 0 aliphatic carbocycles. The number of amides is 3. The first-order valence-electron chi connectivity index (χ1n) is 17.4. The average molecular weight is 648 g/mol. The highest BCUT2D eigenvalue weighted by Gasteiger charge is 2.39. The van der Waals surface area contributed by atoms with Crippen LogP contribution in [0.25, 0.3) is 0 Å². The van der Waals surface area contributed by atoms with Gasteiger partial charge in [-0.05, 0) is 38.2 Å². The Kier molecular flexibility index (Phi) is 21.4. The van der Waals surface area contributed by atoms with Gasteiger partial charge in [0.2, 0.25) is 11.8 Å². The number of ether oxygens (including phenoxy) is 2. The average Bonchev–Trinajstić information content (AvgIpc) is 3.27. The normalized spacial score (nSPS) is 14.2. The molecule has 0 saturated heterocycles. The number of esters is 2. The summed E-state index contributed by atoms with van der Waals surface area (Å²) in [7, 11) is 0. The van der Waals surface area contributed by atoms with E-state index in [1.165, 1.54) is 71.6 Å². The highest BCUT2D eigenvalue weighted by molar-refractivity contribution is 5.85. The monoisotopic (exact) mass is 647 g/mol. The molecular weight excluding hydrogens is 586 g/mol. The van der Waals surface area contributed by atoms with Crippen molar-refractivity contribution in [2.24, 2.45) is 5.41 Å². The Labute approximate surface area is 277 Å². The smallest absolute Gasteiger partial charge is 0.303 e. The fourth-order valence-electron chi connectivity index (χ4n) is 5.26. The van der Waals surface area contributed by atoms with E-state index in [2.05, 4.69) is 24.4 Å². The van der Waals surface area contributed by atoms with Gasteiger partial charge in [-0.25, -0.2) is 0 Å². The van der Waals surface area contributed by atoms with Crippen molar-refractivity contribution in [3.05, 3.63) is 24.4 Å². The standard InChI is InChI=1S/C36H61N3O7/c1-6-7-8-9-10-11-12-13-14-15-16-17-18-19-20-22-32(42)38-25-21-26-39(28-27-38)33(43)23-24-37-35(44)34(46-31(3)41)36(4,5)29-45-30(2)40/h13-14,21,26,34H,6-12,15-20,22-25,27-29H2,1-5H3,(H,37,44). The first-order chi connectivity index (χ1) is 22.0. The van der Waals surface area contributed by atoms with Crippen molar-refractivity contribution >= 4 is 29.7 Å². The van der Waals surface area contributed by atoms with E-state index in [4.69, 9.17) is 9.47 Å². The summed E-state index contributed by atoms with van der Waals surface area (Å²) < 4.78 is 10.3. The topological polar surface area (TPSA) is 122 Å². The molecule has 1 aliphatic heterocycles. The number of allylic oxidation sites excluding steroid dienone is 2. The van der Waals surface area contributed by atoms with Crippen LogP contribution in [0.5, 0.6) is 0 Å². The zero-order chi connectivity index (χ0) is 34.2. The van der Waals surface area contributed by atoms with Crippen LogP contribution in [0.3, 0.4) is 0 Å². The SMILES string of the molecule is CCCCCCCCC=CCCCCCCCC(=O)N1CC=CN(C(=O)CCNC(=O)C(OC(C)=O)C(C)(C)COC(C)=O)CC1. The lowest BCUT2D eigenvalue weighted by atomic mass is 9.86. The quantitative estimate of drug-likeness (QED) is 0.0792. The molecule has 0 aromatic carbocycles. The van der Waals surface area contributed by atoms with Crippen LogP contribution in [-0.4, -0.2) is 78.3 Å². The number of unbranched alkanes of at least 4 members (excludes halogenated alkanes) is 11. The number of nitrogens with one attached hydrogen (secondary N) is 1. The van der Waals surface area contributed by atoms with E-state index in [0.717, 1.165) is 25.7 Å². The van der Waals surface area contributed by atoms with Gasteiger partial charge in [0.25, 0.3) is 5.91 Å². The first kappa shape index (κ1) is 40.9. The molecule has 1 unspecified atom stereocenters. The van der Waals surface area contributed by atoms with Crippen LogP contribution in [-0.2, 0) is 33.4 Å². The molecule has 3 amide bonds. The second-order valence-electron chi connectivity index (χ2n) is 12.9. The molecule has 0 aromatic rings. The minimum Gasteiger partial charge on any atom is -0.465 e. The van der Waals surface area contributed by atoms with E-state index >= 15 is 0 Å². The summed E-state index contributed by atoms with van der Waals surface area (Å²) in [5, 5.41) is 2.66. The van der Waals surface area contributed by atoms with Crippen molar-refractivity contribution in [3.63, 3.8) is 0 Å². The van der Waals surface area contributed by atoms with Crippen molar-refractivity contribution in [3.8, 4) is 0 Å². The number of carbonyl (C=O) groups is 5. The summed E-state index contributed by atoms with van der Waals surface area (Å²) in [6, 6.07) is 0. The molecule has 1 atom stereocenters. The van der Waals surface area contributed by atoms with E-state index in [1.54, 1.807) is 29.8 Å². The maximum absolute atomic E-state index is 12.8. The number of nitrogens with zero attached hydrogens (tertiary/aromatic N) is 2. The fourth-order valence-corrected chi connectivity index (χ4v) is 5.26. The molecule has 46 heavy (non-hydrogen) atoms. The van der Waals surface area contributed by atoms with Gasteiger partial charge < -0.3 is 24.6 Å². The van der Waals surface area contributed by atoms with Crippen LogP contribution in [0.4, 0.5) is 0 Å². The maximum Gasteiger partial charge on any atom is 0.303 e. The molecule has 0 fully saturated rings. The van der Waals surface area contributed by atoms with E-state index in [9.17, 15) is 24.0 Å². The fraction of sp³-hybridized carbons (Fsp3) is 0.750. The van der Waals surface area contributed by atoms with Crippen LogP contribution in [0, 0.1) is 5.41 Å². The van der Waals surface area contributed by atoms with Gasteiger partial charge in [-0.2, -0.15) is 0 Å². The van der Waals surface area contributed by atoms with Crippen molar-refractivity contribution in [2.45, 2.75) is 137 Å². The third-order valence-corrected chi connectivity index (χ3v) is 8.06. The van der Waals surface area contributed by atoms with Crippen molar-refractivity contribution in [2.75, 3.05) is 32.8 Å². The Morgan fingerprint density at radius 1 is 0.804 bits per heavy atom. The zero-order valence-corrected chi connectivity index (χ0v) is 29.3. The molecular formula is C36H61N3O7. The van der Waals surface area contributed by atoms with Gasteiger partial charge in [0.05, 0.1) is 0 Å². The molecule has 262 valence electrons. The minimum atomic E-state index is -1.20. The van der Waals surface area contributed by atoms with Crippen molar-refractivity contribution in [1.29, 1.82) is 0 Å².